The number of hydrogen-bond acceptors (Lipinski definition) is 4. The predicted octanol–water partition coefficient (Wildman–Crippen LogP) is 2.70. The Kier molecular flexibility index (Phi) is 4.42. The fourth-order valence-electron chi connectivity index (χ4n) is 2.21. The highest BCUT2D eigenvalue weighted by Gasteiger charge is 2.09. The number of hydrogen-bond donors (Lipinski definition) is 0. The van der Waals surface area contributed by atoms with Crippen molar-refractivity contribution in [2.75, 3.05) is 18.2 Å². The zero-order valence-corrected chi connectivity index (χ0v) is 12.8. The van der Waals surface area contributed by atoms with E-state index in [1.54, 1.807) is 6.20 Å². The Balaban J connectivity index is 1.54. The van der Waals surface area contributed by atoms with E-state index in [0.717, 1.165) is 35.9 Å². The first kappa shape index (κ1) is 13.7. The first-order valence-corrected chi connectivity index (χ1v) is 9.04. The van der Waals surface area contributed by atoms with E-state index in [1.165, 1.54) is 0 Å². The number of imidazole rings is 1. The van der Waals surface area contributed by atoms with Gasteiger partial charge < -0.3 is 4.90 Å². The molecule has 1 unspecified atom stereocenters. The summed E-state index contributed by atoms with van der Waals surface area (Å²) in [6, 6.07) is 5.77. The molecule has 4 nitrogen and oxygen atoms in total. The smallest absolute Gasteiger partial charge is 0.137 e. The van der Waals surface area contributed by atoms with Crippen molar-refractivity contribution in [3.63, 3.8) is 0 Å². The van der Waals surface area contributed by atoms with Crippen molar-refractivity contribution >= 4 is 28.2 Å². The maximum atomic E-state index is 12.4. The summed E-state index contributed by atoms with van der Waals surface area (Å²) < 4.78 is 14.3. The topological polar surface area (TPSA) is 37.6 Å². The van der Waals surface area contributed by atoms with Crippen LogP contribution in [0.1, 0.15) is 12.8 Å². The fraction of sp³-hybridized carbons (Fsp3) is 0.357. The number of pyridine rings is 1. The molecule has 0 amide bonds. The van der Waals surface area contributed by atoms with Crippen molar-refractivity contribution in [3.05, 3.63) is 42.2 Å². The summed E-state index contributed by atoms with van der Waals surface area (Å²) in [7, 11) is -0.958. The average molecular weight is 307 g/mol. The maximum absolute atomic E-state index is 12.4. The van der Waals surface area contributed by atoms with E-state index in [2.05, 4.69) is 21.5 Å². The molecule has 2 aromatic heterocycles. The van der Waals surface area contributed by atoms with Crippen molar-refractivity contribution in [3.8, 4) is 0 Å². The van der Waals surface area contributed by atoms with E-state index in [9.17, 15) is 4.21 Å². The SMILES string of the molecule is O=S(CCCCN1C=CSC1)c1cccc2nccn12. The largest absolute Gasteiger partial charge is 0.367 e. The summed E-state index contributed by atoms with van der Waals surface area (Å²) in [5, 5.41) is 2.97. The quantitative estimate of drug-likeness (QED) is 0.769. The van der Waals surface area contributed by atoms with Gasteiger partial charge in [0.15, 0.2) is 0 Å². The minimum Gasteiger partial charge on any atom is -0.367 e. The molecule has 0 N–H and O–H groups in total. The van der Waals surface area contributed by atoms with Gasteiger partial charge in [0.2, 0.25) is 0 Å². The second kappa shape index (κ2) is 6.45. The predicted molar refractivity (Wildman–Crippen MR) is 84.0 cm³/mol. The third kappa shape index (κ3) is 3.07. The molecule has 0 radical (unpaired) electrons. The highest BCUT2D eigenvalue weighted by Crippen LogP contribution is 2.16. The van der Waals surface area contributed by atoms with Crippen LogP contribution in [0.15, 0.2) is 47.2 Å². The molecule has 20 heavy (non-hydrogen) atoms. The first-order valence-electron chi connectivity index (χ1n) is 6.67. The second-order valence-electron chi connectivity index (χ2n) is 4.67. The summed E-state index contributed by atoms with van der Waals surface area (Å²) in [6.45, 7) is 1.05. The Labute approximate surface area is 125 Å². The van der Waals surface area contributed by atoms with Crippen LogP contribution >= 0.6 is 11.8 Å². The molecule has 1 atom stereocenters. The number of nitrogens with zero attached hydrogens (tertiary/aromatic N) is 3. The summed E-state index contributed by atoms with van der Waals surface area (Å²) >= 11 is 1.82. The van der Waals surface area contributed by atoms with Gasteiger partial charge in [0.1, 0.15) is 10.7 Å². The van der Waals surface area contributed by atoms with Crippen LogP contribution in [0, 0.1) is 0 Å². The van der Waals surface area contributed by atoms with E-state index in [-0.39, 0.29) is 0 Å². The average Bonchev–Trinajstić information content (AvgIpc) is 3.13. The standard InChI is InChI=1S/C14H17N3OS2/c18-20(11-2-1-7-16-9-10-19-12-16)14-5-3-4-13-15-6-8-17(13)14/h3-6,8-10H,1-2,7,11-12H2. The van der Waals surface area contributed by atoms with Crippen LogP contribution in [0.2, 0.25) is 0 Å². The molecular formula is C14H17N3OS2. The van der Waals surface area contributed by atoms with Gasteiger partial charge in [0.05, 0.1) is 16.7 Å². The molecule has 0 spiro atoms. The fourth-order valence-corrected chi connectivity index (χ4v) is 4.24. The van der Waals surface area contributed by atoms with Crippen molar-refractivity contribution in [1.29, 1.82) is 0 Å². The molecule has 0 bridgehead atoms. The molecular weight excluding hydrogens is 290 g/mol. The summed E-state index contributed by atoms with van der Waals surface area (Å²) in [5.41, 5.74) is 0.857. The zero-order chi connectivity index (χ0) is 13.8. The number of aromatic nitrogens is 2. The molecule has 0 saturated heterocycles. The van der Waals surface area contributed by atoms with Crippen LogP contribution in [0.5, 0.6) is 0 Å². The number of fused-ring (bicyclic) bond motifs is 1. The van der Waals surface area contributed by atoms with Crippen molar-refractivity contribution in [1.82, 2.24) is 14.3 Å². The molecule has 3 rings (SSSR count). The van der Waals surface area contributed by atoms with Gasteiger partial charge in [-0.25, -0.2) is 4.98 Å². The Bertz CT molecular complexity index is 638. The van der Waals surface area contributed by atoms with Crippen LogP contribution in [0.3, 0.4) is 0 Å². The van der Waals surface area contributed by atoms with Gasteiger partial charge in [-0.3, -0.25) is 8.61 Å². The van der Waals surface area contributed by atoms with Gasteiger partial charge in [0.25, 0.3) is 0 Å². The lowest BCUT2D eigenvalue weighted by atomic mass is 10.3. The van der Waals surface area contributed by atoms with E-state index in [0.29, 0.717) is 5.75 Å². The molecule has 1 aliphatic heterocycles. The lowest BCUT2D eigenvalue weighted by Gasteiger charge is -2.13. The van der Waals surface area contributed by atoms with E-state index >= 15 is 0 Å². The monoisotopic (exact) mass is 307 g/mol. The van der Waals surface area contributed by atoms with Gasteiger partial charge in [0, 0.05) is 30.9 Å². The molecule has 6 heteroatoms. The molecule has 2 aromatic rings. The molecule has 0 aromatic carbocycles. The second-order valence-corrected chi connectivity index (χ2v) is 7.05. The van der Waals surface area contributed by atoms with Gasteiger partial charge in [-0.15, -0.1) is 11.8 Å². The minimum atomic E-state index is -0.958. The van der Waals surface area contributed by atoms with Crippen LogP contribution in [0.25, 0.3) is 5.65 Å². The van der Waals surface area contributed by atoms with Gasteiger partial charge >= 0.3 is 0 Å². The molecule has 0 fully saturated rings. The molecule has 0 aliphatic carbocycles. The molecule has 106 valence electrons. The Morgan fingerprint density at radius 1 is 1.35 bits per heavy atom. The Morgan fingerprint density at radius 2 is 2.30 bits per heavy atom. The van der Waals surface area contributed by atoms with E-state index in [1.807, 2.05) is 40.6 Å². The Morgan fingerprint density at radius 3 is 3.15 bits per heavy atom. The molecule has 1 aliphatic rings. The normalized spacial score (nSPS) is 16.1. The number of unbranched alkanes of at least 4 members (excludes halogenated alkanes) is 1. The lowest BCUT2D eigenvalue weighted by Crippen LogP contribution is -2.15. The Hall–Kier alpha value is -1.27. The van der Waals surface area contributed by atoms with E-state index < -0.39 is 10.8 Å². The van der Waals surface area contributed by atoms with Gasteiger partial charge in [-0.05, 0) is 30.4 Å². The highest BCUT2D eigenvalue weighted by atomic mass is 32.2. The summed E-state index contributed by atoms with van der Waals surface area (Å²) in [6.07, 6.45) is 7.80. The summed E-state index contributed by atoms with van der Waals surface area (Å²) in [4.78, 5) is 6.52. The number of rotatable bonds is 6. The van der Waals surface area contributed by atoms with Crippen LogP contribution in [0.4, 0.5) is 0 Å². The highest BCUT2D eigenvalue weighted by molar-refractivity contribution is 8.02. The van der Waals surface area contributed by atoms with Gasteiger partial charge in [-0.1, -0.05) is 6.07 Å². The van der Waals surface area contributed by atoms with Crippen LogP contribution in [-0.2, 0) is 10.8 Å². The van der Waals surface area contributed by atoms with Crippen molar-refractivity contribution in [2.45, 2.75) is 17.9 Å². The molecule has 3 heterocycles. The minimum absolute atomic E-state index is 0.710. The van der Waals surface area contributed by atoms with Crippen LogP contribution < -0.4 is 0 Å². The van der Waals surface area contributed by atoms with Crippen molar-refractivity contribution < 1.29 is 4.21 Å². The van der Waals surface area contributed by atoms with Crippen molar-refractivity contribution in [2.24, 2.45) is 0 Å². The third-order valence-corrected chi connectivity index (χ3v) is 5.51. The first-order chi connectivity index (χ1) is 9.84. The molecule has 0 saturated carbocycles. The van der Waals surface area contributed by atoms with Crippen LogP contribution in [-0.4, -0.2) is 36.7 Å². The zero-order valence-electron chi connectivity index (χ0n) is 11.1. The lowest BCUT2D eigenvalue weighted by molar-refractivity contribution is 0.433. The third-order valence-electron chi connectivity index (χ3n) is 3.26. The summed E-state index contributed by atoms with van der Waals surface area (Å²) in [5.74, 6) is 1.76. The maximum Gasteiger partial charge on any atom is 0.137 e. The van der Waals surface area contributed by atoms with E-state index in [4.69, 9.17) is 0 Å². The number of thioether (sulfide) groups is 1. The van der Waals surface area contributed by atoms with Gasteiger partial charge in [-0.2, -0.15) is 0 Å².